The van der Waals surface area contributed by atoms with E-state index in [2.05, 4.69) is 13.8 Å². The summed E-state index contributed by atoms with van der Waals surface area (Å²) in [6, 6.07) is 0. The summed E-state index contributed by atoms with van der Waals surface area (Å²) in [6.45, 7) is 4.64. The van der Waals surface area contributed by atoms with Gasteiger partial charge in [-0.25, -0.2) is 0 Å². The van der Waals surface area contributed by atoms with Crippen molar-refractivity contribution in [1.82, 2.24) is 0 Å². The molecule has 2 unspecified atom stereocenters. The number of rotatable bonds is 5. The number of fused-ring (bicyclic) bond motifs is 1. The lowest BCUT2D eigenvalue weighted by Crippen LogP contribution is -2.20. The van der Waals surface area contributed by atoms with Crippen LogP contribution in [-0.2, 0) is 0 Å². The van der Waals surface area contributed by atoms with Gasteiger partial charge in [0.25, 0.3) is 0 Å². The van der Waals surface area contributed by atoms with Gasteiger partial charge in [0.2, 0.25) is 0 Å². The summed E-state index contributed by atoms with van der Waals surface area (Å²) >= 11 is 6.17. The van der Waals surface area contributed by atoms with E-state index >= 15 is 0 Å². The van der Waals surface area contributed by atoms with Gasteiger partial charge in [0.1, 0.15) is 0 Å². The molecular formula is C13H23Cl. The summed E-state index contributed by atoms with van der Waals surface area (Å²) in [5.41, 5.74) is 0.560. The second-order valence-corrected chi connectivity index (χ2v) is 6.35. The third kappa shape index (κ3) is 2.27. The maximum absolute atomic E-state index is 6.17. The monoisotopic (exact) mass is 214 g/mol. The van der Waals surface area contributed by atoms with Crippen LogP contribution in [0.1, 0.15) is 52.4 Å². The quantitative estimate of drug-likeness (QED) is 0.593. The van der Waals surface area contributed by atoms with Crippen molar-refractivity contribution in [3.05, 3.63) is 0 Å². The minimum atomic E-state index is 0.560. The topological polar surface area (TPSA) is 0 Å². The molecule has 0 spiro atoms. The van der Waals surface area contributed by atoms with Gasteiger partial charge in [0.05, 0.1) is 0 Å². The van der Waals surface area contributed by atoms with Gasteiger partial charge in [-0.15, -0.1) is 11.6 Å². The summed E-state index contributed by atoms with van der Waals surface area (Å²) in [5.74, 6) is 3.93. The highest BCUT2D eigenvalue weighted by Crippen LogP contribution is 2.61. The maximum atomic E-state index is 6.17. The van der Waals surface area contributed by atoms with Gasteiger partial charge in [-0.2, -0.15) is 0 Å². The van der Waals surface area contributed by atoms with Gasteiger partial charge >= 0.3 is 0 Å². The lowest BCUT2D eigenvalue weighted by atomic mass is 9.79. The number of halogens is 1. The Morgan fingerprint density at radius 2 is 1.93 bits per heavy atom. The zero-order chi connectivity index (χ0) is 10.2. The standard InChI is InChI=1S/C13H23Cl/c1-10(2)4-3-5-13(9-14)7-11-6-12(11)8-13/h10-12H,3-9H2,1-2H3. The molecule has 0 nitrogen and oxygen atoms in total. The first-order valence-corrected chi connectivity index (χ1v) is 6.75. The van der Waals surface area contributed by atoms with Crippen LogP contribution in [0.5, 0.6) is 0 Å². The molecule has 0 saturated heterocycles. The van der Waals surface area contributed by atoms with Gasteiger partial charge in [0, 0.05) is 5.88 Å². The van der Waals surface area contributed by atoms with E-state index in [9.17, 15) is 0 Å². The minimum absolute atomic E-state index is 0.560. The predicted molar refractivity (Wildman–Crippen MR) is 62.7 cm³/mol. The van der Waals surface area contributed by atoms with Crippen LogP contribution in [0.15, 0.2) is 0 Å². The van der Waals surface area contributed by atoms with Crippen molar-refractivity contribution in [2.75, 3.05) is 5.88 Å². The first-order chi connectivity index (χ1) is 6.65. The first-order valence-electron chi connectivity index (χ1n) is 6.21. The fraction of sp³-hybridized carbons (Fsp3) is 1.00. The Kier molecular flexibility index (Phi) is 3.12. The number of hydrogen-bond donors (Lipinski definition) is 0. The van der Waals surface area contributed by atoms with E-state index in [-0.39, 0.29) is 0 Å². The van der Waals surface area contributed by atoms with Crippen molar-refractivity contribution in [2.45, 2.75) is 52.4 Å². The molecule has 0 bridgehead atoms. The summed E-state index contributed by atoms with van der Waals surface area (Å²) in [6.07, 6.45) is 8.57. The van der Waals surface area contributed by atoms with Crippen molar-refractivity contribution in [3.63, 3.8) is 0 Å². The van der Waals surface area contributed by atoms with Crippen LogP contribution in [0, 0.1) is 23.2 Å². The molecule has 2 atom stereocenters. The SMILES string of the molecule is CC(C)CCCC1(CCl)CC2CC2C1. The Labute approximate surface area is 93.4 Å². The molecule has 2 aliphatic rings. The average Bonchev–Trinajstić information content (AvgIpc) is 2.74. The molecule has 14 heavy (non-hydrogen) atoms. The van der Waals surface area contributed by atoms with Crippen LogP contribution in [0.4, 0.5) is 0 Å². The molecule has 0 heterocycles. The highest BCUT2D eigenvalue weighted by molar-refractivity contribution is 6.18. The van der Waals surface area contributed by atoms with E-state index in [1.807, 2.05) is 0 Å². The molecule has 2 aliphatic carbocycles. The summed E-state index contributed by atoms with van der Waals surface area (Å²) < 4.78 is 0. The van der Waals surface area contributed by atoms with Crippen LogP contribution in [0.3, 0.4) is 0 Å². The molecule has 0 aromatic heterocycles. The van der Waals surface area contributed by atoms with Gasteiger partial charge in [-0.05, 0) is 48.9 Å². The first kappa shape index (κ1) is 10.8. The average molecular weight is 215 g/mol. The highest BCUT2D eigenvalue weighted by Gasteiger charge is 2.52. The summed E-state index contributed by atoms with van der Waals surface area (Å²) in [4.78, 5) is 0. The lowest BCUT2D eigenvalue weighted by Gasteiger charge is -2.28. The van der Waals surface area contributed by atoms with Crippen molar-refractivity contribution < 1.29 is 0 Å². The van der Waals surface area contributed by atoms with Crippen LogP contribution in [-0.4, -0.2) is 5.88 Å². The second kappa shape index (κ2) is 4.04. The normalized spacial score (nSPS) is 40.3. The van der Waals surface area contributed by atoms with Crippen molar-refractivity contribution >= 4 is 11.6 Å². The number of alkyl halides is 1. The Bertz CT molecular complexity index is 187. The minimum Gasteiger partial charge on any atom is -0.126 e. The molecule has 0 aromatic carbocycles. The smallest absolute Gasteiger partial charge is 0.0280 e. The highest BCUT2D eigenvalue weighted by atomic mass is 35.5. The largest absolute Gasteiger partial charge is 0.126 e. The fourth-order valence-electron chi connectivity index (χ4n) is 3.27. The van der Waals surface area contributed by atoms with Crippen LogP contribution >= 0.6 is 11.6 Å². The Morgan fingerprint density at radius 3 is 2.43 bits per heavy atom. The third-order valence-electron chi connectivity index (χ3n) is 4.23. The van der Waals surface area contributed by atoms with E-state index in [4.69, 9.17) is 11.6 Å². The molecule has 0 aliphatic heterocycles. The fourth-order valence-corrected chi connectivity index (χ4v) is 3.62. The van der Waals surface area contributed by atoms with E-state index in [1.54, 1.807) is 0 Å². The van der Waals surface area contributed by atoms with Gasteiger partial charge in [-0.1, -0.05) is 26.7 Å². The van der Waals surface area contributed by atoms with Crippen LogP contribution < -0.4 is 0 Å². The number of hydrogen-bond acceptors (Lipinski definition) is 0. The molecule has 1 heteroatoms. The Hall–Kier alpha value is 0.290. The molecule has 0 radical (unpaired) electrons. The third-order valence-corrected chi connectivity index (χ3v) is 4.80. The van der Waals surface area contributed by atoms with Gasteiger partial charge in [-0.3, -0.25) is 0 Å². The molecule has 0 aromatic rings. The van der Waals surface area contributed by atoms with E-state index in [1.165, 1.54) is 38.5 Å². The van der Waals surface area contributed by atoms with E-state index in [0.717, 1.165) is 23.6 Å². The van der Waals surface area contributed by atoms with Gasteiger partial charge < -0.3 is 0 Å². The molecular weight excluding hydrogens is 192 g/mol. The van der Waals surface area contributed by atoms with Crippen LogP contribution in [0.25, 0.3) is 0 Å². The molecule has 0 amide bonds. The van der Waals surface area contributed by atoms with Gasteiger partial charge in [0.15, 0.2) is 0 Å². The molecule has 0 N–H and O–H groups in total. The van der Waals surface area contributed by atoms with Crippen molar-refractivity contribution in [1.29, 1.82) is 0 Å². The van der Waals surface area contributed by atoms with Crippen molar-refractivity contribution in [2.24, 2.45) is 23.2 Å². The van der Waals surface area contributed by atoms with Crippen LogP contribution in [0.2, 0.25) is 0 Å². The molecule has 82 valence electrons. The summed E-state index contributed by atoms with van der Waals surface area (Å²) in [7, 11) is 0. The van der Waals surface area contributed by atoms with E-state index < -0.39 is 0 Å². The Balaban J connectivity index is 1.76. The Morgan fingerprint density at radius 1 is 1.29 bits per heavy atom. The zero-order valence-electron chi connectivity index (χ0n) is 9.56. The van der Waals surface area contributed by atoms with E-state index in [0.29, 0.717) is 5.41 Å². The molecule has 2 saturated carbocycles. The lowest BCUT2D eigenvalue weighted by molar-refractivity contribution is 0.265. The maximum Gasteiger partial charge on any atom is 0.0280 e. The van der Waals surface area contributed by atoms with Crippen molar-refractivity contribution in [3.8, 4) is 0 Å². The molecule has 2 fully saturated rings. The predicted octanol–water partition coefficient (Wildman–Crippen LogP) is 4.47. The zero-order valence-corrected chi connectivity index (χ0v) is 10.3. The second-order valence-electron chi connectivity index (χ2n) is 6.08. The molecule has 2 rings (SSSR count). The summed E-state index contributed by atoms with van der Waals surface area (Å²) in [5, 5.41) is 0.